The molecular formula is C17H25N3O3S. The fraction of sp³-hybridized carbons (Fsp3) is 0.765. The zero-order chi connectivity index (χ0) is 17.1. The van der Waals surface area contributed by atoms with E-state index in [1.54, 1.807) is 13.8 Å². The number of aliphatic hydroxyl groups is 1. The second-order valence-electron chi connectivity index (χ2n) is 8.04. The monoisotopic (exact) mass is 351 g/mol. The Balaban J connectivity index is 1.65. The maximum absolute atomic E-state index is 12.7. The van der Waals surface area contributed by atoms with Gasteiger partial charge in [0.05, 0.1) is 18.2 Å². The second kappa shape index (κ2) is 5.66. The van der Waals surface area contributed by atoms with Gasteiger partial charge in [-0.05, 0) is 45.4 Å². The number of fused-ring (bicyclic) bond motifs is 3. The Bertz CT molecular complexity index is 702. The predicted molar refractivity (Wildman–Crippen MR) is 91.6 cm³/mol. The molecule has 2 atom stereocenters. The number of nitrogens with zero attached hydrogens (tertiary/aromatic N) is 2. The smallest absolute Gasteiger partial charge is 0.272 e. The average Bonchev–Trinajstić information content (AvgIpc) is 3.04. The van der Waals surface area contributed by atoms with Crippen LogP contribution in [0.5, 0.6) is 0 Å². The van der Waals surface area contributed by atoms with Crippen molar-refractivity contribution in [1.29, 1.82) is 0 Å². The van der Waals surface area contributed by atoms with Gasteiger partial charge in [0.2, 0.25) is 0 Å². The number of nitrogens with one attached hydrogen (secondary N) is 1. The minimum Gasteiger partial charge on any atom is -0.394 e. The molecule has 0 radical (unpaired) electrons. The topological polar surface area (TPSA) is 84.2 Å². The summed E-state index contributed by atoms with van der Waals surface area (Å²) in [5, 5.41) is 17.0. The molecule has 1 aromatic heterocycles. The first-order chi connectivity index (χ1) is 11.4. The Labute approximate surface area is 144 Å². The van der Waals surface area contributed by atoms with Crippen LogP contribution in [0.3, 0.4) is 0 Å². The van der Waals surface area contributed by atoms with Gasteiger partial charge in [-0.3, -0.25) is 13.7 Å². The molecule has 1 saturated carbocycles. The Morgan fingerprint density at radius 1 is 1.42 bits per heavy atom. The van der Waals surface area contributed by atoms with E-state index in [9.17, 15) is 14.1 Å². The number of hydrogen-bond donors (Lipinski definition) is 2. The summed E-state index contributed by atoms with van der Waals surface area (Å²) in [5.74, 6) is 2.51. The van der Waals surface area contributed by atoms with Crippen LogP contribution in [-0.4, -0.2) is 48.7 Å². The Morgan fingerprint density at radius 2 is 2.12 bits per heavy atom. The molecule has 3 aliphatic rings. The number of aliphatic hydroxyl groups excluding tert-OH is 1. The van der Waals surface area contributed by atoms with Crippen molar-refractivity contribution >= 4 is 16.7 Å². The molecule has 24 heavy (non-hydrogen) atoms. The number of amides is 1. The fourth-order valence-electron chi connectivity index (χ4n) is 4.04. The third-order valence-electron chi connectivity index (χ3n) is 5.56. The van der Waals surface area contributed by atoms with Crippen LogP contribution < -0.4 is 5.32 Å². The highest BCUT2D eigenvalue weighted by molar-refractivity contribution is 7.85. The molecule has 1 amide bonds. The van der Waals surface area contributed by atoms with Crippen molar-refractivity contribution in [1.82, 2.24) is 15.1 Å². The molecule has 4 rings (SSSR count). The van der Waals surface area contributed by atoms with Crippen LogP contribution in [0.2, 0.25) is 0 Å². The van der Waals surface area contributed by atoms with Crippen LogP contribution in [0.25, 0.3) is 0 Å². The number of rotatable bonds is 4. The van der Waals surface area contributed by atoms with Crippen LogP contribution in [0.1, 0.15) is 66.8 Å². The molecule has 0 spiro atoms. The average molecular weight is 351 g/mol. The largest absolute Gasteiger partial charge is 0.394 e. The van der Waals surface area contributed by atoms with Gasteiger partial charge in [0.1, 0.15) is 0 Å². The van der Waals surface area contributed by atoms with Crippen LogP contribution in [-0.2, 0) is 17.2 Å². The van der Waals surface area contributed by atoms with E-state index in [-0.39, 0.29) is 18.6 Å². The Kier molecular flexibility index (Phi) is 3.84. The number of carbonyl (C=O) groups is 1. The summed E-state index contributed by atoms with van der Waals surface area (Å²) in [6.07, 6.45) is 3.91. The van der Waals surface area contributed by atoms with E-state index >= 15 is 0 Å². The van der Waals surface area contributed by atoms with E-state index in [0.717, 1.165) is 36.3 Å². The van der Waals surface area contributed by atoms with Gasteiger partial charge in [-0.2, -0.15) is 5.10 Å². The highest BCUT2D eigenvalue weighted by Gasteiger charge is 2.50. The van der Waals surface area contributed by atoms with Crippen molar-refractivity contribution in [2.45, 2.75) is 57.0 Å². The highest BCUT2D eigenvalue weighted by atomic mass is 32.2. The minimum absolute atomic E-state index is 0.110. The summed E-state index contributed by atoms with van der Waals surface area (Å²) in [7, 11) is -0.696. The molecule has 0 unspecified atom stereocenters. The molecule has 6 nitrogen and oxygen atoms in total. The van der Waals surface area contributed by atoms with E-state index in [0.29, 0.717) is 17.5 Å². The summed E-state index contributed by atoms with van der Waals surface area (Å²) in [4.78, 5) is 12.7. The van der Waals surface area contributed by atoms with E-state index in [1.165, 1.54) is 12.1 Å². The zero-order valence-corrected chi connectivity index (χ0v) is 15.1. The quantitative estimate of drug-likeness (QED) is 0.852. The number of carbonyl (C=O) groups excluding carboxylic acids is 1. The van der Waals surface area contributed by atoms with Crippen LogP contribution in [0, 0.1) is 5.92 Å². The van der Waals surface area contributed by atoms with Gasteiger partial charge in [-0.25, -0.2) is 0 Å². The second-order valence-corrected chi connectivity index (χ2v) is 9.73. The Morgan fingerprint density at radius 3 is 2.79 bits per heavy atom. The van der Waals surface area contributed by atoms with Gasteiger partial charge in [0, 0.05) is 39.5 Å². The zero-order valence-electron chi connectivity index (χ0n) is 14.2. The summed E-state index contributed by atoms with van der Waals surface area (Å²) >= 11 is 0. The minimum atomic E-state index is -0.696. The first kappa shape index (κ1) is 16.3. The molecule has 1 aliphatic heterocycles. The van der Waals surface area contributed by atoms with E-state index in [1.807, 2.05) is 0 Å². The van der Waals surface area contributed by atoms with Gasteiger partial charge >= 0.3 is 0 Å². The van der Waals surface area contributed by atoms with Crippen LogP contribution in [0.4, 0.5) is 0 Å². The summed E-state index contributed by atoms with van der Waals surface area (Å²) in [5.41, 5.74) is 2.24. The molecule has 1 saturated heterocycles. The SMILES string of the molecule is CC(C)(CO)NC(=O)c1nn(C2CCS(=O)CC2)c2c1C[C@H]1C[C@@H]21. The fourth-order valence-corrected chi connectivity index (χ4v) is 5.31. The molecule has 2 fully saturated rings. The molecule has 0 bridgehead atoms. The first-order valence-electron chi connectivity index (χ1n) is 8.79. The van der Waals surface area contributed by atoms with E-state index in [4.69, 9.17) is 5.10 Å². The van der Waals surface area contributed by atoms with Crippen molar-refractivity contribution in [3.63, 3.8) is 0 Å². The normalized spacial score (nSPS) is 31.5. The number of aromatic nitrogens is 2. The third-order valence-corrected chi connectivity index (χ3v) is 6.94. The van der Waals surface area contributed by atoms with E-state index < -0.39 is 16.3 Å². The van der Waals surface area contributed by atoms with Crippen molar-refractivity contribution in [2.75, 3.05) is 18.1 Å². The summed E-state index contributed by atoms with van der Waals surface area (Å²) in [6, 6.07) is 0.267. The predicted octanol–water partition coefficient (Wildman–Crippen LogP) is 1.13. The third kappa shape index (κ3) is 2.71. The van der Waals surface area contributed by atoms with Gasteiger partial charge < -0.3 is 10.4 Å². The van der Waals surface area contributed by atoms with Crippen molar-refractivity contribution < 1.29 is 14.1 Å². The maximum atomic E-state index is 12.7. The van der Waals surface area contributed by atoms with Gasteiger partial charge in [-0.15, -0.1) is 0 Å². The lowest BCUT2D eigenvalue weighted by Gasteiger charge is -2.24. The molecule has 7 heteroatoms. The lowest BCUT2D eigenvalue weighted by Crippen LogP contribution is -2.46. The number of hydrogen-bond acceptors (Lipinski definition) is 4. The Hall–Kier alpha value is -1.21. The van der Waals surface area contributed by atoms with Gasteiger partial charge in [0.25, 0.3) is 5.91 Å². The summed E-state index contributed by atoms with van der Waals surface area (Å²) in [6.45, 7) is 3.49. The summed E-state index contributed by atoms with van der Waals surface area (Å²) < 4.78 is 13.7. The maximum Gasteiger partial charge on any atom is 0.272 e. The lowest BCUT2D eigenvalue weighted by atomic mass is 10.1. The first-order valence-corrected chi connectivity index (χ1v) is 10.3. The molecule has 2 heterocycles. The molecule has 2 N–H and O–H groups in total. The van der Waals surface area contributed by atoms with Crippen molar-refractivity contribution in [3.05, 3.63) is 17.0 Å². The highest BCUT2D eigenvalue weighted by Crippen LogP contribution is 2.57. The lowest BCUT2D eigenvalue weighted by molar-refractivity contribution is 0.0862. The van der Waals surface area contributed by atoms with Crippen LogP contribution in [0.15, 0.2) is 0 Å². The molecule has 2 aliphatic carbocycles. The molecular weight excluding hydrogens is 326 g/mol. The van der Waals surface area contributed by atoms with Gasteiger partial charge in [0.15, 0.2) is 5.69 Å². The molecule has 1 aromatic rings. The standard InChI is InChI=1S/C17H25N3O3S/c1-17(2,9-21)18-16(22)14-13-8-10-7-12(10)15(13)20(19-14)11-3-5-24(23)6-4-11/h10-12,21H,3-9H2,1-2H3,(H,18,22)/t10-,11?,12-,24?/m1/s1. The van der Waals surface area contributed by atoms with Crippen molar-refractivity contribution in [2.24, 2.45) is 5.92 Å². The van der Waals surface area contributed by atoms with Crippen LogP contribution >= 0.6 is 0 Å². The molecule has 0 aromatic carbocycles. The van der Waals surface area contributed by atoms with Gasteiger partial charge in [-0.1, -0.05) is 0 Å². The van der Waals surface area contributed by atoms with E-state index in [2.05, 4.69) is 10.00 Å². The molecule has 132 valence electrons. The van der Waals surface area contributed by atoms with Crippen molar-refractivity contribution in [3.8, 4) is 0 Å².